The van der Waals surface area contributed by atoms with Crippen LogP contribution >= 0.6 is 0 Å². The quantitative estimate of drug-likeness (QED) is 0.747. The zero-order valence-corrected chi connectivity index (χ0v) is 11.0. The number of hydrogen-bond donors (Lipinski definition) is 1. The van der Waals surface area contributed by atoms with Crippen LogP contribution in [0.3, 0.4) is 0 Å². The van der Waals surface area contributed by atoms with Crippen molar-refractivity contribution in [1.29, 1.82) is 0 Å². The van der Waals surface area contributed by atoms with E-state index in [0.29, 0.717) is 5.56 Å². The third-order valence-corrected chi connectivity index (χ3v) is 3.32. The van der Waals surface area contributed by atoms with E-state index in [0.717, 1.165) is 6.42 Å². The Morgan fingerprint density at radius 1 is 1.18 bits per heavy atom. The molecule has 0 atom stereocenters. The maximum Gasteiger partial charge on any atom is 0.335 e. The van der Waals surface area contributed by atoms with Crippen molar-refractivity contribution < 1.29 is 9.90 Å². The molecule has 1 N–H and O–H groups in total. The van der Waals surface area contributed by atoms with Crippen molar-refractivity contribution in [3.05, 3.63) is 35.4 Å². The van der Waals surface area contributed by atoms with E-state index in [1.165, 1.54) is 24.8 Å². The lowest BCUT2D eigenvalue weighted by Crippen LogP contribution is -2.17. The van der Waals surface area contributed by atoms with Crippen LogP contribution in [0.4, 0.5) is 0 Å². The van der Waals surface area contributed by atoms with E-state index in [9.17, 15) is 4.79 Å². The zero-order chi connectivity index (χ0) is 12.9. The summed E-state index contributed by atoms with van der Waals surface area (Å²) in [6.07, 6.45) is 4.86. The molecule has 0 heterocycles. The van der Waals surface area contributed by atoms with E-state index < -0.39 is 5.97 Å². The SMILES string of the molecule is CCCCCC(C)(C)c1ccc(C(=O)O)cc1. The molecule has 0 spiro atoms. The van der Waals surface area contributed by atoms with E-state index in [-0.39, 0.29) is 5.41 Å². The van der Waals surface area contributed by atoms with E-state index in [2.05, 4.69) is 20.8 Å². The van der Waals surface area contributed by atoms with Gasteiger partial charge in [-0.2, -0.15) is 0 Å². The van der Waals surface area contributed by atoms with Crippen LogP contribution in [0.2, 0.25) is 0 Å². The molecule has 1 aromatic carbocycles. The first-order valence-electron chi connectivity index (χ1n) is 6.31. The van der Waals surface area contributed by atoms with Gasteiger partial charge in [-0.15, -0.1) is 0 Å². The highest BCUT2D eigenvalue weighted by molar-refractivity contribution is 5.87. The van der Waals surface area contributed by atoms with Crippen molar-refractivity contribution in [3.63, 3.8) is 0 Å². The second-order valence-electron chi connectivity index (χ2n) is 5.22. The third kappa shape index (κ3) is 3.88. The molecule has 1 aromatic rings. The maximum absolute atomic E-state index is 10.8. The number of benzene rings is 1. The maximum atomic E-state index is 10.8. The highest BCUT2D eigenvalue weighted by Crippen LogP contribution is 2.29. The van der Waals surface area contributed by atoms with Crippen LogP contribution in [-0.2, 0) is 5.41 Å². The van der Waals surface area contributed by atoms with Crippen molar-refractivity contribution >= 4 is 5.97 Å². The molecule has 0 aliphatic rings. The number of rotatable bonds is 6. The smallest absolute Gasteiger partial charge is 0.335 e. The topological polar surface area (TPSA) is 37.3 Å². The molecule has 17 heavy (non-hydrogen) atoms. The number of carbonyl (C=O) groups is 1. The monoisotopic (exact) mass is 234 g/mol. The van der Waals surface area contributed by atoms with Crippen LogP contribution < -0.4 is 0 Å². The second-order valence-corrected chi connectivity index (χ2v) is 5.22. The van der Waals surface area contributed by atoms with Gasteiger partial charge in [0.05, 0.1) is 5.56 Å². The fourth-order valence-corrected chi connectivity index (χ4v) is 2.03. The van der Waals surface area contributed by atoms with Crippen molar-refractivity contribution in [2.24, 2.45) is 0 Å². The van der Waals surface area contributed by atoms with Crippen molar-refractivity contribution in [2.75, 3.05) is 0 Å². The fourth-order valence-electron chi connectivity index (χ4n) is 2.03. The summed E-state index contributed by atoms with van der Waals surface area (Å²) in [6.45, 7) is 6.64. The van der Waals surface area contributed by atoms with Gasteiger partial charge in [-0.3, -0.25) is 0 Å². The predicted molar refractivity (Wildman–Crippen MR) is 70.6 cm³/mol. The lowest BCUT2D eigenvalue weighted by molar-refractivity contribution is 0.0697. The van der Waals surface area contributed by atoms with Gasteiger partial charge in [0.15, 0.2) is 0 Å². The Bertz CT molecular complexity index is 363. The molecule has 0 amide bonds. The summed E-state index contributed by atoms with van der Waals surface area (Å²) < 4.78 is 0. The molecular formula is C15H22O2. The minimum atomic E-state index is -0.861. The highest BCUT2D eigenvalue weighted by Gasteiger charge is 2.20. The van der Waals surface area contributed by atoms with Gasteiger partial charge >= 0.3 is 5.97 Å². The summed E-state index contributed by atoms with van der Waals surface area (Å²) in [5.41, 5.74) is 1.71. The van der Waals surface area contributed by atoms with Crippen LogP contribution in [0, 0.1) is 0 Å². The number of aromatic carboxylic acids is 1. The number of carboxylic acids is 1. The van der Waals surface area contributed by atoms with E-state index in [4.69, 9.17) is 5.11 Å². The first-order valence-corrected chi connectivity index (χ1v) is 6.31. The summed E-state index contributed by atoms with van der Waals surface area (Å²) in [5, 5.41) is 8.85. The molecule has 0 saturated heterocycles. The lowest BCUT2D eigenvalue weighted by Gasteiger charge is -2.25. The molecule has 0 aliphatic carbocycles. The van der Waals surface area contributed by atoms with Gasteiger partial charge < -0.3 is 5.11 Å². The first kappa shape index (κ1) is 13.8. The van der Waals surface area contributed by atoms with E-state index in [1.807, 2.05) is 12.1 Å². The van der Waals surface area contributed by atoms with Gasteiger partial charge in [-0.05, 0) is 29.5 Å². The van der Waals surface area contributed by atoms with Crippen molar-refractivity contribution in [1.82, 2.24) is 0 Å². The molecule has 2 heteroatoms. The Kier molecular flexibility index (Phi) is 4.73. The number of carboxylic acid groups (broad SMARTS) is 1. The van der Waals surface area contributed by atoms with E-state index >= 15 is 0 Å². The Labute approximate surface area is 104 Å². The molecule has 0 unspecified atom stereocenters. The molecule has 0 saturated carbocycles. The Morgan fingerprint density at radius 3 is 2.24 bits per heavy atom. The summed E-state index contributed by atoms with van der Waals surface area (Å²) in [5.74, 6) is -0.861. The molecule has 0 fully saturated rings. The van der Waals surface area contributed by atoms with Crippen LogP contribution in [0.15, 0.2) is 24.3 Å². The molecule has 0 aromatic heterocycles. The third-order valence-electron chi connectivity index (χ3n) is 3.32. The summed E-state index contributed by atoms with van der Waals surface area (Å²) in [4.78, 5) is 10.8. The van der Waals surface area contributed by atoms with Gasteiger partial charge in [0.1, 0.15) is 0 Å². The largest absolute Gasteiger partial charge is 0.478 e. The molecule has 0 bridgehead atoms. The minimum Gasteiger partial charge on any atom is -0.478 e. The van der Waals surface area contributed by atoms with Crippen molar-refractivity contribution in [2.45, 2.75) is 51.9 Å². The minimum absolute atomic E-state index is 0.131. The van der Waals surface area contributed by atoms with Crippen LogP contribution in [0.5, 0.6) is 0 Å². The van der Waals surface area contributed by atoms with Crippen molar-refractivity contribution in [3.8, 4) is 0 Å². The second kappa shape index (κ2) is 5.85. The van der Waals surface area contributed by atoms with Gasteiger partial charge in [0, 0.05) is 0 Å². The summed E-state index contributed by atoms with van der Waals surface area (Å²) >= 11 is 0. The molecule has 2 nitrogen and oxygen atoms in total. The molecule has 94 valence electrons. The van der Waals surface area contributed by atoms with Gasteiger partial charge in [-0.25, -0.2) is 4.79 Å². The fraction of sp³-hybridized carbons (Fsp3) is 0.533. The molecule has 0 radical (unpaired) electrons. The standard InChI is InChI=1S/C15H22O2/c1-4-5-6-11-15(2,3)13-9-7-12(8-10-13)14(16)17/h7-10H,4-6,11H2,1-3H3,(H,16,17). The average molecular weight is 234 g/mol. The zero-order valence-electron chi connectivity index (χ0n) is 11.0. The normalized spacial score (nSPS) is 11.5. The summed E-state index contributed by atoms with van der Waals surface area (Å²) in [6, 6.07) is 7.27. The van der Waals surface area contributed by atoms with Crippen LogP contribution in [-0.4, -0.2) is 11.1 Å². The van der Waals surface area contributed by atoms with Gasteiger partial charge in [0.2, 0.25) is 0 Å². The Morgan fingerprint density at radius 2 is 1.76 bits per heavy atom. The van der Waals surface area contributed by atoms with Gasteiger partial charge in [-0.1, -0.05) is 52.2 Å². The average Bonchev–Trinajstić information content (AvgIpc) is 2.29. The molecule has 0 aliphatic heterocycles. The van der Waals surface area contributed by atoms with Gasteiger partial charge in [0.25, 0.3) is 0 Å². The van der Waals surface area contributed by atoms with Crippen LogP contribution in [0.25, 0.3) is 0 Å². The van der Waals surface area contributed by atoms with Crippen LogP contribution in [0.1, 0.15) is 62.4 Å². The first-order chi connectivity index (χ1) is 7.97. The number of hydrogen-bond acceptors (Lipinski definition) is 1. The molecule has 1 rings (SSSR count). The summed E-state index contributed by atoms with van der Waals surface area (Å²) in [7, 11) is 0. The Hall–Kier alpha value is -1.31. The predicted octanol–water partition coefficient (Wildman–Crippen LogP) is 4.24. The molecular weight excluding hydrogens is 212 g/mol. The lowest BCUT2D eigenvalue weighted by atomic mass is 9.80. The number of unbranched alkanes of at least 4 members (excludes halogenated alkanes) is 2. The van der Waals surface area contributed by atoms with E-state index in [1.54, 1.807) is 12.1 Å². The Balaban J connectivity index is 2.73. The highest BCUT2D eigenvalue weighted by atomic mass is 16.4.